The van der Waals surface area contributed by atoms with E-state index in [1.807, 2.05) is 14.1 Å². The van der Waals surface area contributed by atoms with Crippen molar-refractivity contribution in [3.8, 4) is 11.5 Å². The van der Waals surface area contributed by atoms with Crippen LogP contribution in [-0.4, -0.2) is 47.7 Å². The number of benzene rings is 1. The highest BCUT2D eigenvalue weighted by Gasteiger charge is 2.29. The summed E-state index contributed by atoms with van der Waals surface area (Å²) in [5, 5.41) is 19.1. The van der Waals surface area contributed by atoms with Gasteiger partial charge in [-0.05, 0) is 32.1 Å². The van der Waals surface area contributed by atoms with Crippen molar-refractivity contribution in [2.24, 2.45) is 0 Å². The fourth-order valence-electron chi connectivity index (χ4n) is 2.30. The number of anilines is 1. The van der Waals surface area contributed by atoms with Crippen molar-refractivity contribution in [3.05, 3.63) is 17.7 Å². The largest absolute Gasteiger partial charge is 0.504 e. The number of nitrogens with zero attached hydrogens (tertiary/aromatic N) is 2. The lowest BCUT2D eigenvalue weighted by atomic mass is 9.96. The first-order valence-corrected chi connectivity index (χ1v) is 5.89. The molecule has 1 aliphatic rings. The molecule has 0 spiro atoms. The van der Waals surface area contributed by atoms with E-state index in [0.29, 0.717) is 12.2 Å². The summed E-state index contributed by atoms with van der Waals surface area (Å²) >= 11 is 0. The van der Waals surface area contributed by atoms with Crippen LogP contribution in [0.5, 0.6) is 11.5 Å². The van der Waals surface area contributed by atoms with Gasteiger partial charge in [0.1, 0.15) is 0 Å². The van der Waals surface area contributed by atoms with Crippen LogP contribution in [0.2, 0.25) is 0 Å². The number of likely N-dealkylation sites (N-methyl/N-ethyl adjacent to an activating group) is 1. The van der Waals surface area contributed by atoms with Crippen molar-refractivity contribution in [2.75, 3.05) is 25.5 Å². The van der Waals surface area contributed by atoms with Gasteiger partial charge in [-0.1, -0.05) is 0 Å². The number of carbonyl (C=O) groups is 1. The van der Waals surface area contributed by atoms with Gasteiger partial charge in [-0.15, -0.1) is 12.4 Å². The molecule has 0 aliphatic carbocycles. The first-order valence-electron chi connectivity index (χ1n) is 5.89. The fourth-order valence-corrected chi connectivity index (χ4v) is 2.30. The van der Waals surface area contributed by atoms with E-state index in [0.717, 1.165) is 12.0 Å². The highest BCUT2D eigenvalue weighted by atomic mass is 35.5. The SMILES string of the molecule is CC(=O)N1CC(N(C)C)Cc2cc(O)c(O)cc21.Cl. The van der Waals surface area contributed by atoms with Crippen LogP contribution in [0.1, 0.15) is 12.5 Å². The Labute approximate surface area is 118 Å². The van der Waals surface area contributed by atoms with Crippen molar-refractivity contribution >= 4 is 24.0 Å². The van der Waals surface area contributed by atoms with Crippen LogP contribution in [0, 0.1) is 0 Å². The highest BCUT2D eigenvalue weighted by Crippen LogP contribution is 2.37. The molecule has 0 radical (unpaired) electrons. The van der Waals surface area contributed by atoms with Crippen LogP contribution in [0.3, 0.4) is 0 Å². The molecule has 106 valence electrons. The molecule has 1 aliphatic heterocycles. The van der Waals surface area contributed by atoms with E-state index < -0.39 is 0 Å². The maximum atomic E-state index is 11.7. The van der Waals surface area contributed by atoms with E-state index >= 15 is 0 Å². The van der Waals surface area contributed by atoms with E-state index in [4.69, 9.17) is 0 Å². The number of fused-ring (bicyclic) bond motifs is 1. The Balaban J connectivity index is 0.00000180. The summed E-state index contributed by atoms with van der Waals surface area (Å²) in [4.78, 5) is 15.4. The molecule has 6 heteroatoms. The molecule has 2 N–H and O–H groups in total. The molecule has 1 heterocycles. The summed E-state index contributed by atoms with van der Waals surface area (Å²) in [5.74, 6) is -0.396. The molecule has 19 heavy (non-hydrogen) atoms. The van der Waals surface area contributed by atoms with E-state index in [1.54, 1.807) is 4.90 Å². The number of phenolic OH excluding ortho intramolecular Hbond substituents is 2. The normalized spacial score (nSPS) is 17.9. The van der Waals surface area contributed by atoms with Gasteiger partial charge in [-0.2, -0.15) is 0 Å². The van der Waals surface area contributed by atoms with Crippen LogP contribution >= 0.6 is 12.4 Å². The molecule has 5 nitrogen and oxygen atoms in total. The zero-order chi connectivity index (χ0) is 13.4. The molecule has 1 atom stereocenters. The van der Waals surface area contributed by atoms with E-state index in [2.05, 4.69) is 4.90 Å². The van der Waals surface area contributed by atoms with Gasteiger partial charge in [0.15, 0.2) is 11.5 Å². The summed E-state index contributed by atoms with van der Waals surface area (Å²) < 4.78 is 0. The zero-order valence-corrected chi connectivity index (χ0v) is 12.1. The monoisotopic (exact) mass is 286 g/mol. The van der Waals surface area contributed by atoms with Crippen molar-refractivity contribution < 1.29 is 15.0 Å². The Kier molecular flexibility index (Phi) is 4.66. The molecule has 0 aromatic heterocycles. The summed E-state index contributed by atoms with van der Waals surface area (Å²) in [6.45, 7) is 2.10. The third-order valence-corrected chi connectivity index (χ3v) is 3.43. The Morgan fingerprint density at radius 2 is 1.89 bits per heavy atom. The molecule has 1 unspecified atom stereocenters. The van der Waals surface area contributed by atoms with Crippen LogP contribution in [0.25, 0.3) is 0 Å². The van der Waals surface area contributed by atoms with Gasteiger partial charge in [0.25, 0.3) is 0 Å². The lowest BCUT2D eigenvalue weighted by Crippen LogP contribution is -2.47. The average Bonchev–Trinajstić information content (AvgIpc) is 2.29. The Hall–Kier alpha value is -1.46. The Morgan fingerprint density at radius 1 is 1.32 bits per heavy atom. The number of carbonyl (C=O) groups excluding carboxylic acids is 1. The maximum absolute atomic E-state index is 11.7. The minimum atomic E-state index is -0.191. The number of amides is 1. The van der Waals surface area contributed by atoms with E-state index in [1.165, 1.54) is 19.1 Å². The molecule has 0 bridgehead atoms. The Morgan fingerprint density at radius 3 is 2.42 bits per heavy atom. The van der Waals surface area contributed by atoms with Crippen LogP contribution < -0.4 is 4.90 Å². The first-order chi connectivity index (χ1) is 8.40. The van der Waals surface area contributed by atoms with Gasteiger partial charge in [0.2, 0.25) is 5.91 Å². The Bertz CT molecular complexity index is 491. The van der Waals surface area contributed by atoms with Gasteiger partial charge in [0, 0.05) is 25.6 Å². The topological polar surface area (TPSA) is 64.0 Å². The average molecular weight is 287 g/mol. The van der Waals surface area contributed by atoms with Crippen LogP contribution in [-0.2, 0) is 11.2 Å². The number of hydrogen-bond donors (Lipinski definition) is 2. The number of halogens is 1. The van der Waals surface area contributed by atoms with Gasteiger partial charge in [-0.25, -0.2) is 0 Å². The zero-order valence-electron chi connectivity index (χ0n) is 11.3. The molecule has 0 fully saturated rings. The minimum absolute atomic E-state index is 0. The minimum Gasteiger partial charge on any atom is -0.504 e. The van der Waals surface area contributed by atoms with E-state index in [9.17, 15) is 15.0 Å². The second kappa shape index (κ2) is 5.67. The molecular formula is C13H19ClN2O3. The smallest absolute Gasteiger partial charge is 0.223 e. The van der Waals surface area contributed by atoms with Crippen molar-refractivity contribution in [3.63, 3.8) is 0 Å². The standard InChI is InChI=1S/C13H18N2O3.ClH/c1-8(16)15-7-10(14(2)3)4-9-5-12(17)13(18)6-11(9)15;/h5-6,10,17-18H,4,7H2,1-3H3;1H. The lowest BCUT2D eigenvalue weighted by molar-refractivity contribution is -0.116. The number of phenols is 2. The first kappa shape index (κ1) is 15.6. The van der Waals surface area contributed by atoms with E-state index in [-0.39, 0.29) is 35.9 Å². The third-order valence-electron chi connectivity index (χ3n) is 3.43. The van der Waals surface area contributed by atoms with Gasteiger partial charge >= 0.3 is 0 Å². The third kappa shape index (κ3) is 2.93. The highest BCUT2D eigenvalue weighted by molar-refractivity contribution is 5.93. The molecule has 1 amide bonds. The molecule has 1 aromatic rings. The predicted octanol–water partition coefficient (Wildman–Crippen LogP) is 1.36. The van der Waals surface area contributed by atoms with Crippen molar-refractivity contribution in [1.29, 1.82) is 0 Å². The molecule has 2 rings (SSSR count). The second-order valence-corrected chi connectivity index (χ2v) is 4.92. The van der Waals surface area contributed by atoms with Gasteiger partial charge < -0.3 is 20.0 Å². The lowest BCUT2D eigenvalue weighted by Gasteiger charge is -2.37. The molecule has 1 aromatic carbocycles. The number of hydrogen-bond acceptors (Lipinski definition) is 4. The van der Waals surface area contributed by atoms with Crippen LogP contribution in [0.15, 0.2) is 12.1 Å². The summed E-state index contributed by atoms with van der Waals surface area (Å²) in [5.41, 5.74) is 1.57. The number of aromatic hydroxyl groups is 2. The number of rotatable bonds is 1. The summed E-state index contributed by atoms with van der Waals surface area (Å²) in [6.07, 6.45) is 0.750. The van der Waals surface area contributed by atoms with Crippen LogP contribution in [0.4, 0.5) is 5.69 Å². The molecule has 0 saturated carbocycles. The predicted molar refractivity (Wildman–Crippen MR) is 76.2 cm³/mol. The molecular weight excluding hydrogens is 268 g/mol. The van der Waals surface area contributed by atoms with Crippen molar-refractivity contribution in [1.82, 2.24) is 4.90 Å². The maximum Gasteiger partial charge on any atom is 0.223 e. The summed E-state index contributed by atoms with van der Waals surface area (Å²) in [6, 6.07) is 3.21. The van der Waals surface area contributed by atoms with Gasteiger partial charge in [0.05, 0.1) is 5.69 Å². The molecule has 0 saturated heterocycles. The van der Waals surface area contributed by atoms with Crippen molar-refractivity contribution in [2.45, 2.75) is 19.4 Å². The summed E-state index contributed by atoms with van der Waals surface area (Å²) in [7, 11) is 3.93. The fraction of sp³-hybridized carbons (Fsp3) is 0.462. The van der Waals surface area contributed by atoms with Gasteiger partial charge in [-0.3, -0.25) is 4.79 Å². The quantitative estimate of drug-likeness (QED) is 0.765. The second-order valence-electron chi connectivity index (χ2n) is 4.92.